The second kappa shape index (κ2) is 24.4. The van der Waals surface area contributed by atoms with Crippen LogP contribution in [0.5, 0.6) is 0 Å². The average Bonchev–Trinajstić information content (AvgIpc) is 1.63. The van der Waals surface area contributed by atoms with Crippen molar-refractivity contribution in [2.24, 2.45) is 0 Å². The fraction of sp³-hybridized carbons (Fsp3) is 0. The molecular weight excluding hydrogens is 1220 g/mol. The summed E-state index contributed by atoms with van der Waals surface area (Å²) in [6.07, 6.45) is 12.3. The molecule has 0 saturated heterocycles. The van der Waals surface area contributed by atoms with Gasteiger partial charge in [0.15, 0.2) is 0 Å². The van der Waals surface area contributed by atoms with Gasteiger partial charge in [0.05, 0.1) is 61.7 Å². The Morgan fingerprint density at radius 2 is 0.545 bits per heavy atom. The molecule has 99 heavy (non-hydrogen) atoms. The molecule has 3 aliphatic heterocycles. The molecule has 0 amide bonds. The lowest BCUT2D eigenvalue weighted by Crippen LogP contribution is -2.13. The summed E-state index contributed by atoms with van der Waals surface area (Å²) in [7, 11) is -2.92. The van der Waals surface area contributed by atoms with E-state index in [0.717, 1.165) is 138 Å². The van der Waals surface area contributed by atoms with Gasteiger partial charge >= 0.3 is 7.40 Å². The van der Waals surface area contributed by atoms with Crippen LogP contribution >= 0.6 is 0 Å². The van der Waals surface area contributed by atoms with Crippen molar-refractivity contribution in [3.8, 4) is 89.7 Å². The van der Waals surface area contributed by atoms with Gasteiger partial charge in [-0.1, -0.05) is 188 Å². The van der Waals surface area contributed by atoms with Crippen LogP contribution in [0.2, 0.25) is 0 Å². The molecular formula is C87H55BF2N8O. The molecule has 0 spiro atoms. The summed E-state index contributed by atoms with van der Waals surface area (Å²) in [6.45, 7) is 0. The third-order valence-electron chi connectivity index (χ3n) is 18.6. The summed E-state index contributed by atoms with van der Waals surface area (Å²) >= 11 is 0. The monoisotopic (exact) mass is 1280 g/mol. The Balaban J connectivity index is 0.764. The van der Waals surface area contributed by atoms with Crippen LogP contribution in [0.25, 0.3) is 181 Å². The molecule has 0 radical (unpaired) electrons. The second-order valence-electron chi connectivity index (χ2n) is 24.6. The van der Waals surface area contributed by atoms with Crippen LogP contribution in [0.4, 0.5) is 8.63 Å². The first kappa shape index (κ1) is 58.2. The number of aromatic nitrogens is 8. The SMILES string of the molecule is FB(F)n1c2ccc1c1ccc([nH]1)c(-c1ccccc1)c1ccc(o1)c(-c1ccccc1)c1ccc([nH]1)c1nc(c2-c2ccc(C#Cc3ccc(-c4c5nc(c(-c6ccccc6)c6ccc([nH]6)c(-c6ccccc6)c6nc(c(-c7ccccc7)c7ccc4[nH]7)C=C6)C=C5)cc3)cc2)C=C1. The van der Waals surface area contributed by atoms with E-state index < -0.39 is 7.40 Å². The molecule has 0 fully saturated rings. The lowest BCUT2D eigenvalue weighted by Gasteiger charge is -2.09. The van der Waals surface area contributed by atoms with E-state index in [9.17, 15) is 0 Å². The molecule has 15 aromatic rings. The van der Waals surface area contributed by atoms with Crippen molar-refractivity contribution in [1.82, 2.24) is 39.4 Å². The summed E-state index contributed by atoms with van der Waals surface area (Å²) in [6, 6.07) is 91.2. The fourth-order valence-corrected chi connectivity index (χ4v) is 14.0. The highest BCUT2D eigenvalue weighted by molar-refractivity contribution is 6.44. The predicted molar refractivity (Wildman–Crippen MR) is 404 cm³/mol. The molecule has 466 valence electrons. The van der Waals surface area contributed by atoms with Gasteiger partial charge in [-0.25, -0.2) is 15.0 Å². The molecule has 11 heterocycles. The van der Waals surface area contributed by atoms with Crippen molar-refractivity contribution >= 4 is 110 Å². The van der Waals surface area contributed by atoms with Gasteiger partial charge in [0.2, 0.25) is 0 Å². The van der Waals surface area contributed by atoms with E-state index in [1.807, 2.05) is 152 Å². The quantitative estimate of drug-likeness (QED) is 0.0895. The van der Waals surface area contributed by atoms with E-state index in [0.29, 0.717) is 55.7 Å². The van der Waals surface area contributed by atoms with Crippen molar-refractivity contribution in [2.75, 3.05) is 0 Å². The Kier molecular flexibility index (Phi) is 14.4. The number of aromatic amines is 4. The van der Waals surface area contributed by atoms with Crippen molar-refractivity contribution in [3.05, 3.63) is 318 Å². The molecule has 9 nitrogen and oxygen atoms in total. The number of hydrogen-bond donors (Lipinski definition) is 4. The zero-order chi connectivity index (χ0) is 65.9. The number of halogens is 2. The van der Waals surface area contributed by atoms with Crippen LogP contribution in [0.1, 0.15) is 45.3 Å². The van der Waals surface area contributed by atoms with Crippen LogP contribution in [0.15, 0.2) is 277 Å². The zero-order valence-corrected chi connectivity index (χ0v) is 53.0. The highest BCUT2D eigenvalue weighted by atomic mass is 19.2. The number of benzene rings is 7. The van der Waals surface area contributed by atoms with Gasteiger partial charge in [0.1, 0.15) is 11.2 Å². The van der Waals surface area contributed by atoms with E-state index in [-0.39, 0.29) is 0 Å². The number of hydrogen-bond acceptors (Lipinski definition) is 4. The van der Waals surface area contributed by atoms with Gasteiger partial charge in [-0.15, -0.1) is 0 Å². The Hall–Kier alpha value is -13.4. The Morgan fingerprint density at radius 3 is 0.939 bits per heavy atom. The molecule has 4 N–H and O–H groups in total. The van der Waals surface area contributed by atoms with Crippen LogP contribution < -0.4 is 0 Å². The van der Waals surface area contributed by atoms with Gasteiger partial charge in [-0.3, -0.25) is 8.63 Å². The molecule has 0 aliphatic carbocycles. The van der Waals surface area contributed by atoms with E-state index in [1.54, 1.807) is 12.1 Å². The van der Waals surface area contributed by atoms with Crippen molar-refractivity contribution in [3.63, 3.8) is 0 Å². The zero-order valence-electron chi connectivity index (χ0n) is 53.0. The van der Waals surface area contributed by atoms with Gasteiger partial charge < -0.3 is 28.8 Å². The molecule has 0 atom stereocenters. The Bertz CT molecular complexity index is 6190. The predicted octanol–water partition coefficient (Wildman–Crippen LogP) is 22.3. The van der Waals surface area contributed by atoms with Crippen molar-refractivity contribution < 1.29 is 13.0 Å². The number of H-pyrrole nitrogens is 4. The molecule has 0 unspecified atom stereocenters. The lowest BCUT2D eigenvalue weighted by molar-refractivity contribution is 0.639. The lowest BCUT2D eigenvalue weighted by atomic mass is 10.0. The molecule has 3 aliphatic rings. The second-order valence-corrected chi connectivity index (χ2v) is 24.6. The number of rotatable bonds is 8. The van der Waals surface area contributed by atoms with Crippen LogP contribution in [0, 0.1) is 11.8 Å². The number of nitrogens with one attached hydrogen (secondary N) is 4. The standard InChI is InChI=1S/C87H55BF2N8O/c89-88(90)98-77-50-51-78(98)85(74-39-36-63(91-74)64-37-40-75(92-64)86(59-22-12-4-13-23-59)79-52-53-80(99-79)87(60-24-14-5-15-25-60)76-41-38-65(77)93-76)62-34-30-55(31-35-62)27-26-54-28-32-61(33-29-54)84-72-48-46-70(96-72)82(57-18-8-2-9-19-57)68-44-42-66(94-68)81(56-16-6-1-7-17-56)67-43-45-69(95-67)83(58-20-10-3-11-21-58)71-47-49-73(84)97-71/h1-25,28-53,92-94,97H. The normalized spacial score (nSPS) is 11.9. The van der Waals surface area contributed by atoms with Gasteiger partial charge in [0.25, 0.3) is 0 Å². The molecule has 7 aromatic carbocycles. The van der Waals surface area contributed by atoms with E-state index in [2.05, 4.69) is 177 Å². The minimum atomic E-state index is -2.92. The van der Waals surface area contributed by atoms with E-state index in [4.69, 9.17) is 19.4 Å². The van der Waals surface area contributed by atoms with E-state index >= 15 is 8.63 Å². The fourth-order valence-electron chi connectivity index (χ4n) is 14.0. The maximum atomic E-state index is 16.1. The summed E-state index contributed by atoms with van der Waals surface area (Å²) in [5, 5.41) is 0. The van der Waals surface area contributed by atoms with Crippen LogP contribution in [0.3, 0.4) is 0 Å². The number of furan rings is 1. The first-order valence-electron chi connectivity index (χ1n) is 32.8. The first-order valence-corrected chi connectivity index (χ1v) is 32.8. The largest absolute Gasteiger partial charge is 0.678 e. The van der Waals surface area contributed by atoms with Gasteiger partial charge in [-0.2, -0.15) is 0 Å². The minimum Gasteiger partial charge on any atom is -0.456 e. The third-order valence-corrected chi connectivity index (χ3v) is 18.6. The third kappa shape index (κ3) is 10.7. The highest BCUT2D eigenvalue weighted by Gasteiger charge is 2.26. The molecule has 18 bridgehead atoms. The van der Waals surface area contributed by atoms with Gasteiger partial charge in [0, 0.05) is 77.7 Å². The highest BCUT2D eigenvalue weighted by Crippen LogP contribution is 2.41. The molecule has 8 aromatic heterocycles. The average molecular weight is 1280 g/mol. The van der Waals surface area contributed by atoms with Crippen molar-refractivity contribution in [1.29, 1.82) is 0 Å². The summed E-state index contributed by atoms with van der Waals surface area (Å²) < 4.78 is 40.1. The molecule has 12 heteroatoms. The minimum absolute atomic E-state index is 0.299. The molecule has 0 saturated carbocycles. The Morgan fingerprint density at radius 1 is 0.263 bits per heavy atom. The van der Waals surface area contributed by atoms with E-state index in [1.165, 1.54) is 0 Å². The topological polar surface area (TPSA) is 120 Å². The smallest absolute Gasteiger partial charge is 0.456 e. The maximum Gasteiger partial charge on any atom is 0.678 e. The summed E-state index contributed by atoms with van der Waals surface area (Å²) in [5.74, 6) is 6.83. The first-order chi connectivity index (χ1) is 48.9. The van der Waals surface area contributed by atoms with Crippen molar-refractivity contribution in [2.45, 2.75) is 0 Å². The summed E-state index contributed by atoms with van der Waals surface area (Å²) in [4.78, 5) is 31.0. The van der Waals surface area contributed by atoms with Crippen LogP contribution in [-0.2, 0) is 0 Å². The molecule has 18 rings (SSSR count). The maximum absolute atomic E-state index is 16.1. The summed E-state index contributed by atoms with van der Waals surface area (Å²) in [5.41, 5.74) is 27.0. The number of fused-ring (bicyclic) bond motifs is 20. The van der Waals surface area contributed by atoms with Crippen LogP contribution in [-0.4, -0.2) is 46.8 Å². The Labute approximate surface area is 567 Å². The number of nitrogens with zero attached hydrogens (tertiary/aromatic N) is 4. The van der Waals surface area contributed by atoms with Gasteiger partial charge in [-0.05, 0) is 172 Å².